The average molecular weight is 346 g/mol. The van der Waals surface area contributed by atoms with Crippen LogP contribution in [0.4, 0.5) is 0 Å². The molecular weight excluding hydrogens is 316 g/mol. The Morgan fingerprint density at radius 2 is 1.76 bits per heavy atom. The summed E-state index contributed by atoms with van der Waals surface area (Å²) in [5, 5.41) is 6.58. The molecule has 1 aromatic carbocycles. The van der Waals surface area contributed by atoms with Crippen LogP contribution >= 0.6 is 0 Å². The molecule has 3 rings (SSSR count). The Morgan fingerprint density at radius 3 is 2.52 bits per heavy atom. The molecule has 5 nitrogen and oxygen atoms in total. The number of nitrogens with one attached hydrogen (secondary N) is 2. The lowest BCUT2D eigenvalue weighted by Crippen LogP contribution is -2.46. The Balaban J connectivity index is 1.51. The first-order chi connectivity index (χ1) is 12.0. The van der Waals surface area contributed by atoms with Gasteiger partial charge in [-0.3, -0.25) is 10.1 Å². The molecule has 0 atom stereocenters. The summed E-state index contributed by atoms with van der Waals surface area (Å²) in [6, 6.07) is 6.27. The van der Waals surface area contributed by atoms with Crippen LogP contribution in [0.1, 0.15) is 64.4 Å². The number of hydrogen-bond acceptors (Lipinski definition) is 4. The van der Waals surface area contributed by atoms with Gasteiger partial charge in [0.25, 0.3) is 0 Å². The van der Waals surface area contributed by atoms with Crippen molar-refractivity contribution in [3.05, 3.63) is 23.8 Å². The number of carbonyl (C=O) groups is 1. The highest BCUT2D eigenvalue weighted by Crippen LogP contribution is 2.35. The number of hydrogen-bond donors (Lipinski definition) is 2. The lowest BCUT2D eigenvalue weighted by atomic mass is 9.93. The fourth-order valence-electron chi connectivity index (χ4n) is 3.57. The van der Waals surface area contributed by atoms with Crippen molar-refractivity contribution in [3.8, 4) is 11.5 Å². The third-order valence-corrected chi connectivity index (χ3v) is 5.26. The highest BCUT2D eigenvalue weighted by Gasteiger charge is 2.24. The van der Waals surface area contributed by atoms with Crippen LogP contribution in [0.25, 0.3) is 0 Å². The van der Waals surface area contributed by atoms with Gasteiger partial charge in [-0.15, -0.1) is 0 Å². The molecule has 1 aromatic rings. The maximum atomic E-state index is 12.4. The first-order valence-electron chi connectivity index (χ1n) is 9.49. The van der Waals surface area contributed by atoms with Crippen LogP contribution in [-0.2, 0) is 10.3 Å². The lowest BCUT2D eigenvalue weighted by molar-refractivity contribution is -0.121. The molecular formula is C20H30N2O3. The summed E-state index contributed by atoms with van der Waals surface area (Å²) >= 11 is 0. The fraction of sp³-hybridized carbons (Fsp3) is 0.650. The minimum atomic E-state index is -0.320. The molecule has 1 amide bonds. The Labute approximate surface area is 150 Å². The van der Waals surface area contributed by atoms with E-state index in [-0.39, 0.29) is 18.2 Å². The summed E-state index contributed by atoms with van der Waals surface area (Å²) in [5.74, 6) is 1.63. The van der Waals surface area contributed by atoms with Crippen molar-refractivity contribution in [3.63, 3.8) is 0 Å². The van der Waals surface area contributed by atoms with E-state index in [1.165, 1.54) is 32.1 Å². The predicted molar refractivity (Wildman–Crippen MR) is 97.8 cm³/mol. The van der Waals surface area contributed by atoms with E-state index >= 15 is 0 Å². The second-order valence-corrected chi connectivity index (χ2v) is 7.66. The first-order valence-corrected chi connectivity index (χ1v) is 9.49. The Kier molecular flexibility index (Phi) is 5.84. The molecule has 1 fully saturated rings. The van der Waals surface area contributed by atoms with Gasteiger partial charge in [0.1, 0.15) is 0 Å². The minimum Gasteiger partial charge on any atom is -0.454 e. The molecule has 1 heterocycles. The SMILES string of the molecule is CC(C)(NCC(=O)NC1CCCCCCC1)c1ccc2c(c1)OCO2. The maximum absolute atomic E-state index is 12.4. The summed E-state index contributed by atoms with van der Waals surface area (Å²) in [6.07, 6.45) is 8.59. The average Bonchev–Trinajstić information content (AvgIpc) is 3.03. The van der Waals surface area contributed by atoms with Gasteiger partial charge in [0.2, 0.25) is 12.7 Å². The van der Waals surface area contributed by atoms with Crippen LogP contribution < -0.4 is 20.1 Å². The Hall–Kier alpha value is -1.75. The van der Waals surface area contributed by atoms with E-state index in [0.717, 1.165) is 29.9 Å². The van der Waals surface area contributed by atoms with Gasteiger partial charge in [0, 0.05) is 11.6 Å². The molecule has 0 saturated heterocycles. The number of amides is 1. The monoisotopic (exact) mass is 346 g/mol. The molecule has 1 aliphatic heterocycles. The summed E-state index contributed by atoms with van der Waals surface area (Å²) < 4.78 is 10.8. The van der Waals surface area contributed by atoms with Gasteiger partial charge in [0.15, 0.2) is 11.5 Å². The molecule has 2 aliphatic rings. The van der Waals surface area contributed by atoms with Crippen LogP contribution in [-0.4, -0.2) is 25.3 Å². The summed E-state index contributed by atoms with van der Waals surface area (Å²) in [7, 11) is 0. The van der Waals surface area contributed by atoms with Gasteiger partial charge in [-0.1, -0.05) is 38.2 Å². The van der Waals surface area contributed by atoms with Gasteiger partial charge in [0.05, 0.1) is 6.54 Å². The van der Waals surface area contributed by atoms with E-state index in [1.807, 2.05) is 18.2 Å². The predicted octanol–water partition coefficient (Wildman–Crippen LogP) is 3.47. The number of fused-ring (bicyclic) bond motifs is 1. The minimum absolute atomic E-state index is 0.0828. The second kappa shape index (κ2) is 8.09. The number of carbonyl (C=O) groups excluding carboxylic acids is 1. The number of ether oxygens (including phenoxy) is 2. The highest BCUT2D eigenvalue weighted by molar-refractivity contribution is 5.78. The second-order valence-electron chi connectivity index (χ2n) is 7.66. The zero-order valence-electron chi connectivity index (χ0n) is 15.4. The highest BCUT2D eigenvalue weighted by atomic mass is 16.7. The largest absolute Gasteiger partial charge is 0.454 e. The quantitative estimate of drug-likeness (QED) is 0.857. The van der Waals surface area contributed by atoms with Crippen LogP contribution in [0.5, 0.6) is 11.5 Å². The Morgan fingerprint density at radius 1 is 1.08 bits per heavy atom. The van der Waals surface area contributed by atoms with Crippen LogP contribution in [0, 0.1) is 0 Å². The van der Waals surface area contributed by atoms with Crippen molar-refractivity contribution in [2.75, 3.05) is 13.3 Å². The first kappa shape index (κ1) is 18.1. The van der Waals surface area contributed by atoms with Crippen molar-refractivity contribution in [1.29, 1.82) is 0 Å². The van der Waals surface area contributed by atoms with Crippen molar-refractivity contribution >= 4 is 5.91 Å². The Bertz CT molecular complexity index is 593. The summed E-state index contributed by atoms with van der Waals surface area (Å²) in [6.45, 7) is 4.75. The molecule has 0 spiro atoms. The molecule has 1 aliphatic carbocycles. The molecule has 2 N–H and O–H groups in total. The molecule has 0 unspecified atom stereocenters. The van der Waals surface area contributed by atoms with Crippen molar-refractivity contribution in [2.24, 2.45) is 0 Å². The van der Waals surface area contributed by atoms with Crippen molar-refractivity contribution in [1.82, 2.24) is 10.6 Å². The third kappa shape index (κ3) is 4.88. The zero-order valence-corrected chi connectivity index (χ0v) is 15.4. The van der Waals surface area contributed by atoms with E-state index in [2.05, 4.69) is 24.5 Å². The maximum Gasteiger partial charge on any atom is 0.234 e. The fourth-order valence-corrected chi connectivity index (χ4v) is 3.57. The van der Waals surface area contributed by atoms with E-state index in [9.17, 15) is 4.79 Å². The van der Waals surface area contributed by atoms with Crippen LogP contribution in [0.2, 0.25) is 0 Å². The lowest BCUT2D eigenvalue weighted by Gasteiger charge is -2.28. The van der Waals surface area contributed by atoms with Gasteiger partial charge in [-0.25, -0.2) is 0 Å². The molecule has 0 bridgehead atoms. The van der Waals surface area contributed by atoms with E-state index in [0.29, 0.717) is 12.6 Å². The molecule has 1 saturated carbocycles. The van der Waals surface area contributed by atoms with Crippen LogP contribution in [0.15, 0.2) is 18.2 Å². The zero-order chi connectivity index (χ0) is 17.7. The molecule has 0 radical (unpaired) electrons. The normalized spacial score (nSPS) is 18.5. The van der Waals surface area contributed by atoms with Gasteiger partial charge >= 0.3 is 0 Å². The molecule has 25 heavy (non-hydrogen) atoms. The number of benzene rings is 1. The topological polar surface area (TPSA) is 59.6 Å². The van der Waals surface area contributed by atoms with Gasteiger partial charge in [-0.2, -0.15) is 0 Å². The third-order valence-electron chi connectivity index (χ3n) is 5.26. The molecule has 138 valence electrons. The molecule has 0 aromatic heterocycles. The smallest absolute Gasteiger partial charge is 0.234 e. The van der Waals surface area contributed by atoms with E-state index in [1.54, 1.807) is 0 Å². The van der Waals surface area contributed by atoms with E-state index < -0.39 is 0 Å². The van der Waals surface area contributed by atoms with Crippen LogP contribution in [0.3, 0.4) is 0 Å². The standard InChI is InChI=1S/C20H30N2O3/c1-20(2,15-10-11-17-18(12-15)25-14-24-17)21-13-19(23)22-16-8-6-4-3-5-7-9-16/h10-12,16,21H,3-9,13-14H2,1-2H3,(H,22,23). The summed E-state index contributed by atoms with van der Waals surface area (Å²) in [4.78, 5) is 12.4. The summed E-state index contributed by atoms with van der Waals surface area (Å²) in [5.41, 5.74) is 0.759. The van der Waals surface area contributed by atoms with Crippen molar-refractivity contribution < 1.29 is 14.3 Å². The van der Waals surface area contributed by atoms with Crippen molar-refractivity contribution in [2.45, 2.75) is 70.4 Å². The van der Waals surface area contributed by atoms with Gasteiger partial charge < -0.3 is 14.8 Å². The van der Waals surface area contributed by atoms with Gasteiger partial charge in [-0.05, 0) is 44.4 Å². The molecule has 5 heteroatoms. The van der Waals surface area contributed by atoms with E-state index in [4.69, 9.17) is 9.47 Å². The number of rotatable bonds is 5.